The largest absolute Gasteiger partial charge is 0.481 e. The Labute approximate surface area is 164 Å². The van der Waals surface area contributed by atoms with E-state index in [9.17, 15) is 14.0 Å². The molecular formula is C21H27FN2O4. The molecule has 6 nitrogen and oxygen atoms in total. The molecule has 2 atom stereocenters. The maximum atomic E-state index is 14.0. The number of benzene rings is 2. The lowest BCUT2D eigenvalue weighted by Gasteiger charge is -2.09. The van der Waals surface area contributed by atoms with Crippen LogP contribution in [0.15, 0.2) is 48.5 Å². The number of unbranched alkanes of at least 4 members (excludes halogenated alkanes) is 1. The van der Waals surface area contributed by atoms with Gasteiger partial charge in [0.15, 0.2) is 0 Å². The summed E-state index contributed by atoms with van der Waals surface area (Å²) >= 11 is 0. The van der Waals surface area contributed by atoms with Crippen molar-refractivity contribution in [2.45, 2.75) is 38.1 Å². The first-order chi connectivity index (χ1) is 13.3. The minimum atomic E-state index is -0.957. The maximum Gasteiger partial charge on any atom is 0.320 e. The zero-order valence-corrected chi connectivity index (χ0v) is 15.8. The van der Waals surface area contributed by atoms with Gasteiger partial charge in [-0.1, -0.05) is 48.9 Å². The Morgan fingerprint density at radius 1 is 1.04 bits per heavy atom. The molecule has 0 heterocycles. The SMILES string of the molecule is CC(C(=O)O)c1ccc(-c2ccccc2)c(F)c1.NCCCC[C@H](N)C(=O)O. The molecule has 0 saturated carbocycles. The van der Waals surface area contributed by atoms with Gasteiger partial charge in [-0.25, -0.2) is 4.39 Å². The maximum absolute atomic E-state index is 14.0. The summed E-state index contributed by atoms with van der Waals surface area (Å²) in [7, 11) is 0. The average Bonchev–Trinajstić information content (AvgIpc) is 2.68. The molecule has 0 radical (unpaired) electrons. The van der Waals surface area contributed by atoms with Gasteiger partial charge in [0.05, 0.1) is 5.92 Å². The van der Waals surface area contributed by atoms with Gasteiger partial charge in [0.1, 0.15) is 11.9 Å². The van der Waals surface area contributed by atoms with Crippen molar-refractivity contribution in [3.8, 4) is 11.1 Å². The lowest BCUT2D eigenvalue weighted by Crippen LogP contribution is -2.29. The highest BCUT2D eigenvalue weighted by Crippen LogP contribution is 2.26. The molecular weight excluding hydrogens is 363 g/mol. The van der Waals surface area contributed by atoms with Crippen LogP contribution >= 0.6 is 0 Å². The molecule has 0 aliphatic rings. The van der Waals surface area contributed by atoms with E-state index in [0.717, 1.165) is 18.4 Å². The van der Waals surface area contributed by atoms with Gasteiger partial charge >= 0.3 is 11.9 Å². The number of carboxylic acid groups (broad SMARTS) is 2. The van der Waals surface area contributed by atoms with E-state index in [-0.39, 0.29) is 0 Å². The zero-order valence-electron chi connectivity index (χ0n) is 15.8. The molecule has 0 aromatic heterocycles. The minimum Gasteiger partial charge on any atom is -0.481 e. The Bertz CT molecular complexity index is 768. The molecule has 0 amide bonds. The molecule has 2 aromatic carbocycles. The lowest BCUT2D eigenvalue weighted by molar-refractivity contribution is -0.139. The van der Waals surface area contributed by atoms with E-state index in [4.69, 9.17) is 21.7 Å². The van der Waals surface area contributed by atoms with Gasteiger partial charge < -0.3 is 21.7 Å². The summed E-state index contributed by atoms with van der Waals surface area (Å²) in [6.45, 7) is 2.14. The van der Waals surface area contributed by atoms with Crippen LogP contribution in [0.4, 0.5) is 4.39 Å². The standard InChI is InChI=1S/C15H13FO2.C6H14N2O2/c1-10(15(17)18)12-7-8-13(14(16)9-12)11-5-3-2-4-6-11;7-4-2-1-3-5(8)6(9)10/h2-10H,1H3,(H,17,18);5H,1-4,7-8H2,(H,9,10)/t;5-/m.0/s1. The van der Waals surface area contributed by atoms with Gasteiger partial charge in [-0.05, 0) is 43.5 Å². The van der Waals surface area contributed by atoms with Crippen molar-refractivity contribution in [3.05, 3.63) is 59.9 Å². The Kier molecular flexibility index (Phi) is 9.84. The number of aliphatic carboxylic acids is 2. The number of hydrogen-bond donors (Lipinski definition) is 4. The summed E-state index contributed by atoms with van der Waals surface area (Å²) in [5.74, 6) is -2.99. The van der Waals surface area contributed by atoms with E-state index in [1.54, 1.807) is 19.1 Å². The first kappa shape index (κ1) is 23.3. The normalized spacial score (nSPS) is 12.4. The highest BCUT2D eigenvalue weighted by molar-refractivity contribution is 5.76. The summed E-state index contributed by atoms with van der Waals surface area (Å²) < 4.78 is 14.0. The van der Waals surface area contributed by atoms with Crippen LogP contribution in [-0.4, -0.2) is 34.7 Å². The monoisotopic (exact) mass is 390 g/mol. The number of carbonyl (C=O) groups is 2. The van der Waals surface area contributed by atoms with E-state index < -0.39 is 29.7 Å². The second-order valence-corrected chi connectivity index (χ2v) is 6.39. The van der Waals surface area contributed by atoms with Gasteiger partial charge in [0.2, 0.25) is 0 Å². The molecule has 0 aliphatic carbocycles. The predicted octanol–water partition coefficient (Wildman–Crippen LogP) is 3.21. The van der Waals surface area contributed by atoms with Gasteiger partial charge in [-0.15, -0.1) is 0 Å². The summed E-state index contributed by atoms with van der Waals surface area (Å²) in [5, 5.41) is 17.2. The first-order valence-electron chi connectivity index (χ1n) is 9.04. The van der Waals surface area contributed by atoms with E-state index in [1.807, 2.05) is 30.3 Å². The van der Waals surface area contributed by atoms with Crippen molar-refractivity contribution < 1.29 is 24.2 Å². The number of nitrogens with two attached hydrogens (primary N) is 2. The van der Waals surface area contributed by atoms with Crippen LogP contribution in [0.2, 0.25) is 0 Å². The van der Waals surface area contributed by atoms with Crippen molar-refractivity contribution in [1.82, 2.24) is 0 Å². The number of carboxylic acids is 2. The number of rotatable bonds is 8. The molecule has 2 aromatic rings. The quantitative estimate of drug-likeness (QED) is 0.513. The first-order valence-corrected chi connectivity index (χ1v) is 9.04. The third-order valence-corrected chi connectivity index (χ3v) is 4.23. The van der Waals surface area contributed by atoms with E-state index >= 15 is 0 Å². The molecule has 6 N–H and O–H groups in total. The Morgan fingerprint density at radius 2 is 1.68 bits per heavy atom. The molecule has 0 bridgehead atoms. The van der Waals surface area contributed by atoms with E-state index in [0.29, 0.717) is 24.1 Å². The fraction of sp³-hybridized carbons (Fsp3) is 0.333. The van der Waals surface area contributed by atoms with Crippen LogP contribution in [0.3, 0.4) is 0 Å². The molecule has 2 rings (SSSR count). The van der Waals surface area contributed by atoms with Crippen molar-refractivity contribution in [2.24, 2.45) is 11.5 Å². The fourth-order valence-corrected chi connectivity index (χ4v) is 2.43. The number of halogens is 1. The van der Waals surface area contributed by atoms with Gasteiger partial charge in [0.25, 0.3) is 0 Å². The average molecular weight is 390 g/mol. The Hall–Kier alpha value is -2.77. The summed E-state index contributed by atoms with van der Waals surface area (Å²) in [5.41, 5.74) is 12.2. The third-order valence-electron chi connectivity index (χ3n) is 4.23. The van der Waals surface area contributed by atoms with Crippen molar-refractivity contribution >= 4 is 11.9 Å². The Morgan fingerprint density at radius 3 is 2.18 bits per heavy atom. The van der Waals surface area contributed by atoms with Gasteiger partial charge in [-0.2, -0.15) is 0 Å². The second-order valence-electron chi connectivity index (χ2n) is 6.39. The van der Waals surface area contributed by atoms with Crippen molar-refractivity contribution in [3.63, 3.8) is 0 Å². The molecule has 0 aliphatic heterocycles. The topological polar surface area (TPSA) is 127 Å². The smallest absolute Gasteiger partial charge is 0.320 e. The molecule has 0 saturated heterocycles. The molecule has 152 valence electrons. The van der Waals surface area contributed by atoms with Crippen molar-refractivity contribution in [2.75, 3.05) is 6.54 Å². The highest BCUT2D eigenvalue weighted by atomic mass is 19.1. The number of hydrogen-bond acceptors (Lipinski definition) is 4. The van der Waals surface area contributed by atoms with Crippen molar-refractivity contribution in [1.29, 1.82) is 0 Å². The minimum absolute atomic E-state index is 0.396. The predicted molar refractivity (Wildman–Crippen MR) is 106 cm³/mol. The van der Waals surface area contributed by atoms with Crippen LogP contribution in [0.1, 0.15) is 37.7 Å². The molecule has 0 spiro atoms. The summed E-state index contributed by atoms with van der Waals surface area (Å²) in [6.07, 6.45) is 2.16. The molecule has 7 heteroatoms. The molecule has 1 unspecified atom stereocenters. The summed E-state index contributed by atoms with van der Waals surface area (Å²) in [4.78, 5) is 21.0. The van der Waals surface area contributed by atoms with E-state index in [1.165, 1.54) is 6.07 Å². The van der Waals surface area contributed by atoms with E-state index in [2.05, 4.69) is 0 Å². The van der Waals surface area contributed by atoms with Crippen LogP contribution in [0.5, 0.6) is 0 Å². The summed E-state index contributed by atoms with van der Waals surface area (Å²) in [6, 6.07) is 13.0. The lowest BCUT2D eigenvalue weighted by atomic mass is 9.97. The van der Waals surface area contributed by atoms with Gasteiger partial charge in [0, 0.05) is 5.56 Å². The third kappa shape index (κ3) is 7.46. The molecule has 0 fully saturated rings. The van der Waals surface area contributed by atoms with Crippen LogP contribution in [-0.2, 0) is 9.59 Å². The van der Waals surface area contributed by atoms with Gasteiger partial charge in [-0.3, -0.25) is 9.59 Å². The zero-order chi connectivity index (χ0) is 21.1. The highest BCUT2D eigenvalue weighted by Gasteiger charge is 2.15. The fourth-order valence-electron chi connectivity index (χ4n) is 2.43. The second kappa shape index (κ2) is 11.8. The van der Waals surface area contributed by atoms with Crippen LogP contribution in [0.25, 0.3) is 11.1 Å². The molecule has 28 heavy (non-hydrogen) atoms. The Balaban J connectivity index is 0.000000336. The van der Waals surface area contributed by atoms with Crippen LogP contribution < -0.4 is 11.5 Å². The van der Waals surface area contributed by atoms with Crippen LogP contribution in [0, 0.1) is 5.82 Å².